The van der Waals surface area contributed by atoms with Crippen molar-refractivity contribution in [1.29, 1.82) is 5.26 Å². The number of carbonyl (C=O) groups is 4. The zero-order chi connectivity index (χ0) is 40.4. The molecule has 3 aromatic rings. The molecule has 3 saturated heterocycles. The summed E-state index contributed by atoms with van der Waals surface area (Å²) in [7, 11) is 0. The van der Waals surface area contributed by atoms with Crippen LogP contribution in [0.3, 0.4) is 0 Å². The molecule has 56 heavy (non-hydrogen) atoms. The lowest BCUT2D eigenvalue weighted by Crippen LogP contribution is -2.47. The number of anilines is 4. The third-order valence-electron chi connectivity index (χ3n) is 10.3. The highest BCUT2D eigenvalue weighted by Crippen LogP contribution is 2.41. The van der Waals surface area contributed by atoms with Crippen LogP contribution in [0, 0.1) is 17.2 Å². The number of aryl methyl sites for hydroxylation is 1. The van der Waals surface area contributed by atoms with Crippen LogP contribution in [0.15, 0.2) is 60.7 Å². The maximum absolute atomic E-state index is 13.8. The molecule has 0 saturated carbocycles. The van der Waals surface area contributed by atoms with Crippen molar-refractivity contribution in [2.75, 3.05) is 46.7 Å². The van der Waals surface area contributed by atoms with Gasteiger partial charge in [0.15, 0.2) is 5.11 Å². The number of amides is 4. The minimum Gasteiger partial charge on any atom is -0.493 e. The number of benzene rings is 3. The highest BCUT2D eigenvalue weighted by Gasteiger charge is 2.51. The molecule has 0 radical (unpaired) electrons. The van der Waals surface area contributed by atoms with Crippen LogP contribution in [0.2, 0.25) is 0 Å². The van der Waals surface area contributed by atoms with Crippen molar-refractivity contribution in [2.24, 2.45) is 5.92 Å². The van der Waals surface area contributed by atoms with Crippen molar-refractivity contribution in [3.8, 4) is 11.8 Å². The predicted octanol–water partition coefficient (Wildman–Crippen LogP) is 6.00. The van der Waals surface area contributed by atoms with Crippen LogP contribution in [0.4, 0.5) is 35.9 Å². The molecule has 3 N–H and O–H groups in total. The number of hydrogen-bond acceptors (Lipinski definition) is 9. The number of nitrogens with zero attached hydrogens (tertiary/aromatic N) is 4. The second kappa shape index (κ2) is 16.3. The number of hydrogen-bond donors (Lipinski definition) is 3. The molecule has 3 heterocycles. The molecule has 3 fully saturated rings. The Morgan fingerprint density at radius 3 is 2.41 bits per heavy atom. The van der Waals surface area contributed by atoms with Crippen molar-refractivity contribution >= 4 is 63.7 Å². The fraction of sp³-hybridized carbons (Fsp3) is 0.400. The second-order valence-electron chi connectivity index (χ2n) is 14.6. The normalized spacial score (nSPS) is 19.1. The Hall–Kier alpha value is -5.53. The molecule has 16 heteroatoms. The summed E-state index contributed by atoms with van der Waals surface area (Å²) in [4.78, 5) is 54.9. The van der Waals surface area contributed by atoms with Gasteiger partial charge >= 0.3 is 6.18 Å². The van der Waals surface area contributed by atoms with Gasteiger partial charge in [0.2, 0.25) is 17.7 Å². The third kappa shape index (κ3) is 8.63. The molecule has 3 aromatic carbocycles. The average molecular weight is 790 g/mol. The van der Waals surface area contributed by atoms with Crippen LogP contribution < -0.4 is 30.5 Å². The van der Waals surface area contributed by atoms with Gasteiger partial charge in [0.1, 0.15) is 17.3 Å². The van der Waals surface area contributed by atoms with Gasteiger partial charge in [-0.2, -0.15) is 18.4 Å². The summed E-state index contributed by atoms with van der Waals surface area (Å²) in [6, 6.07) is 16.7. The van der Waals surface area contributed by atoms with Gasteiger partial charge in [-0.3, -0.25) is 34.3 Å². The van der Waals surface area contributed by atoms with E-state index in [1.54, 1.807) is 55.1 Å². The van der Waals surface area contributed by atoms with Crippen molar-refractivity contribution < 1.29 is 37.1 Å². The summed E-state index contributed by atoms with van der Waals surface area (Å²) in [6.07, 6.45) is -1.87. The molecule has 6 rings (SSSR count). The highest BCUT2D eigenvalue weighted by molar-refractivity contribution is 7.81. The molecule has 0 spiro atoms. The van der Waals surface area contributed by atoms with E-state index in [1.807, 2.05) is 19.1 Å². The molecular formula is C40H42F3N7O5S. The first-order chi connectivity index (χ1) is 26.6. The largest absolute Gasteiger partial charge is 0.493 e. The van der Waals surface area contributed by atoms with Crippen LogP contribution >= 0.6 is 12.2 Å². The first kappa shape index (κ1) is 40.1. The minimum atomic E-state index is -4.80. The predicted molar refractivity (Wildman–Crippen MR) is 208 cm³/mol. The van der Waals surface area contributed by atoms with E-state index in [1.165, 1.54) is 6.07 Å². The number of rotatable bonds is 11. The molecule has 12 nitrogen and oxygen atoms in total. The first-order valence-corrected chi connectivity index (χ1v) is 18.8. The van der Waals surface area contributed by atoms with Crippen LogP contribution in [0.25, 0.3) is 0 Å². The first-order valence-electron chi connectivity index (χ1n) is 18.4. The van der Waals surface area contributed by atoms with E-state index in [0.29, 0.717) is 55.3 Å². The zero-order valence-corrected chi connectivity index (χ0v) is 32.0. The average Bonchev–Trinajstić information content (AvgIpc) is 3.33. The van der Waals surface area contributed by atoms with Crippen LogP contribution in [0.1, 0.15) is 63.1 Å². The monoisotopic (exact) mass is 789 g/mol. The summed E-state index contributed by atoms with van der Waals surface area (Å²) in [5, 5.41) is 17.6. The van der Waals surface area contributed by atoms with Gasteiger partial charge in [0, 0.05) is 23.5 Å². The molecule has 1 atom stereocenters. The van der Waals surface area contributed by atoms with E-state index in [2.05, 4.69) is 20.9 Å². The Kier molecular flexibility index (Phi) is 11.7. The number of likely N-dealkylation sites (tertiary alicyclic amines) is 1. The Labute approximate surface area is 327 Å². The van der Waals surface area contributed by atoms with E-state index in [9.17, 15) is 37.6 Å². The molecule has 4 amide bonds. The lowest BCUT2D eigenvalue weighted by atomic mass is 9.97. The summed E-state index contributed by atoms with van der Waals surface area (Å²) >= 11 is 5.71. The molecule has 1 unspecified atom stereocenters. The second-order valence-corrected chi connectivity index (χ2v) is 15.0. The van der Waals surface area contributed by atoms with Crippen molar-refractivity contribution in [3.63, 3.8) is 0 Å². The van der Waals surface area contributed by atoms with Gasteiger partial charge in [-0.05, 0) is 131 Å². The van der Waals surface area contributed by atoms with E-state index < -0.39 is 34.8 Å². The number of ether oxygens (including phenoxy) is 1. The van der Waals surface area contributed by atoms with Gasteiger partial charge in [-0.15, -0.1) is 0 Å². The van der Waals surface area contributed by atoms with Gasteiger partial charge in [0.25, 0.3) is 5.91 Å². The van der Waals surface area contributed by atoms with Crippen LogP contribution in [-0.2, 0) is 31.8 Å². The summed E-state index contributed by atoms with van der Waals surface area (Å²) in [6.45, 7) is 7.42. The van der Waals surface area contributed by atoms with Gasteiger partial charge in [-0.25, -0.2) is 0 Å². The third-order valence-corrected chi connectivity index (χ3v) is 10.7. The molecular weight excluding hydrogens is 748 g/mol. The van der Waals surface area contributed by atoms with Crippen LogP contribution in [-0.4, -0.2) is 71.5 Å². The number of alkyl halides is 3. The molecule has 3 aliphatic heterocycles. The molecule has 294 valence electrons. The fourth-order valence-electron chi connectivity index (χ4n) is 7.22. The quantitative estimate of drug-likeness (QED) is 0.156. The summed E-state index contributed by atoms with van der Waals surface area (Å²) in [5.74, 6) is -0.368. The van der Waals surface area contributed by atoms with Crippen molar-refractivity contribution in [2.45, 2.75) is 70.6 Å². The Bertz CT molecular complexity index is 2090. The van der Waals surface area contributed by atoms with Gasteiger partial charge < -0.3 is 20.3 Å². The number of nitriles is 1. The van der Waals surface area contributed by atoms with Crippen molar-refractivity contribution in [1.82, 2.24) is 10.2 Å². The molecule has 0 aromatic heterocycles. The van der Waals surface area contributed by atoms with E-state index in [-0.39, 0.29) is 47.4 Å². The number of halogens is 3. The Morgan fingerprint density at radius 1 is 1.02 bits per heavy atom. The Balaban J connectivity index is 1.02. The number of carbonyl (C=O) groups excluding carboxylic acids is 4. The van der Waals surface area contributed by atoms with E-state index in [0.717, 1.165) is 35.4 Å². The number of piperidine rings is 2. The maximum Gasteiger partial charge on any atom is 0.417 e. The lowest BCUT2D eigenvalue weighted by molar-refractivity contribution is -0.138. The SMILES string of the molecule is CCc1cc(N2C(=S)N(c3ccc(C#N)c(C(F)(F)F)c3)C(=O)C2(C)C)ccc1OCC1CCN(CC(=O)Nc2cccc(NC3CCC(=O)NC3=O)c2)CC1. The molecule has 3 aliphatic rings. The Morgan fingerprint density at radius 2 is 1.73 bits per heavy atom. The number of thiocarbonyl (C=S) groups is 1. The maximum atomic E-state index is 13.8. The van der Waals surface area contributed by atoms with Gasteiger partial charge in [-0.1, -0.05) is 13.0 Å². The standard InChI is InChI=1S/C40H42F3N7O5S/c1-4-25-18-30(50-38(56)49(37(54)39(50,2)3)29-9-8-26(21-44)31(20-29)40(41,42)43)10-12-33(25)55-23-24-14-16-48(17-15-24)22-35(52)46-28-7-5-6-27(19-28)45-32-11-13-34(51)47-36(32)53/h5-10,12,18-20,24,32,45H,4,11,13-17,22-23H2,1-3H3,(H,46,52)(H,47,51,53). The minimum absolute atomic E-state index is 0.0179. The number of nitrogens with one attached hydrogen (secondary N) is 3. The highest BCUT2D eigenvalue weighted by atomic mass is 32.1. The van der Waals surface area contributed by atoms with Crippen molar-refractivity contribution in [3.05, 3.63) is 77.4 Å². The topological polar surface area (TPSA) is 147 Å². The number of imide groups is 1. The van der Waals surface area contributed by atoms with E-state index >= 15 is 0 Å². The zero-order valence-electron chi connectivity index (χ0n) is 31.2. The summed E-state index contributed by atoms with van der Waals surface area (Å²) in [5.41, 5.74) is -0.265. The van der Waals surface area contributed by atoms with E-state index in [4.69, 9.17) is 17.0 Å². The smallest absolute Gasteiger partial charge is 0.417 e. The van der Waals surface area contributed by atoms with Crippen LogP contribution in [0.5, 0.6) is 5.75 Å². The van der Waals surface area contributed by atoms with Gasteiger partial charge in [0.05, 0.1) is 36.0 Å². The molecule has 0 aliphatic carbocycles. The fourth-order valence-corrected chi connectivity index (χ4v) is 7.75. The lowest BCUT2D eigenvalue weighted by Gasteiger charge is -2.32. The molecule has 0 bridgehead atoms. The summed E-state index contributed by atoms with van der Waals surface area (Å²) < 4.78 is 47.6.